The van der Waals surface area contributed by atoms with E-state index >= 15 is 0 Å². The third-order valence-electron chi connectivity index (χ3n) is 8.36. The molecule has 2 rings (SSSR count). The van der Waals surface area contributed by atoms with Crippen LogP contribution < -0.4 is 10.1 Å². The van der Waals surface area contributed by atoms with Crippen molar-refractivity contribution in [3.8, 4) is 5.75 Å². The van der Waals surface area contributed by atoms with Gasteiger partial charge in [0.2, 0.25) is 5.91 Å². The fraction of sp³-hybridized carbons (Fsp3) is 0.676. The molecule has 0 aliphatic heterocycles. The van der Waals surface area contributed by atoms with E-state index in [9.17, 15) is 4.79 Å². The molecule has 4 heteroatoms. The number of nitrogens with zero attached hydrogens (tertiary/aromatic N) is 1. The first-order chi connectivity index (χ1) is 20.0. The van der Waals surface area contributed by atoms with Gasteiger partial charge >= 0.3 is 0 Å². The molecule has 0 aliphatic rings. The number of amides is 1. The first kappa shape index (κ1) is 34.8. The van der Waals surface area contributed by atoms with Gasteiger partial charge in [-0.05, 0) is 43.9 Å². The quantitative estimate of drug-likeness (QED) is 0.129. The number of benzene rings is 1. The Balaban J connectivity index is 1.46. The molecule has 1 amide bonds. The number of hydrogen-bond acceptors (Lipinski definition) is 3. The molecule has 0 saturated heterocycles. The number of carbonyl (C=O) groups excluding carboxylic acids is 1. The second-order valence-corrected chi connectivity index (χ2v) is 12.1. The van der Waals surface area contributed by atoms with Gasteiger partial charge in [0.05, 0.1) is 5.69 Å². The zero-order valence-corrected chi connectivity index (χ0v) is 27.0. The smallest absolute Gasteiger partial charge is 0.225 e. The maximum absolute atomic E-state index is 12.6. The predicted molar refractivity (Wildman–Crippen MR) is 176 cm³/mol. The van der Waals surface area contributed by atoms with Gasteiger partial charge in [-0.2, -0.15) is 0 Å². The summed E-state index contributed by atoms with van der Waals surface area (Å²) in [5.74, 6) is 1.53. The van der Waals surface area contributed by atoms with E-state index in [0.717, 1.165) is 41.0 Å². The summed E-state index contributed by atoms with van der Waals surface area (Å²) in [6.07, 6.45) is 26.4. The summed E-state index contributed by atoms with van der Waals surface area (Å²) < 4.78 is 6.09. The van der Waals surface area contributed by atoms with Gasteiger partial charge in [0.15, 0.2) is 0 Å². The van der Waals surface area contributed by atoms with Crippen molar-refractivity contribution in [2.75, 3.05) is 5.32 Å². The molecular weight excluding hydrogens is 504 g/mol. The Kier molecular flexibility index (Phi) is 18.9. The number of hydrogen-bond donors (Lipinski definition) is 1. The van der Waals surface area contributed by atoms with Crippen LogP contribution in [0.3, 0.4) is 0 Å². The minimum Gasteiger partial charge on any atom is -0.487 e. The van der Waals surface area contributed by atoms with Crippen molar-refractivity contribution >= 4 is 11.7 Å². The van der Waals surface area contributed by atoms with E-state index in [0.29, 0.717) is 18.8 Å². The van der Waals surface area contributed by atoms with E-state index in [1.54, 1.807) is 0 Å². The van der Waals surface area contributed by atoms with E-state index in [-0.39, 0.29) is 5.91 Å². The number of pyridine rings is 1. The maximum atomic E-state index is 12.6. The lowest BCUT2D eigenvalue weighted by Gasteiger charge is -2.17. The van der Waals surface area contributed by atoms with Crippen LogP contribution in [0.2, 0.25) is 0 Å². The lowest BCUT2D eigenvalue weighted by atomic mass is 10.0. The second kappa shape index (κ2) is 22.3. The van der Waals surface area contributed by atoms with Gasteiger partial charge in [0.25, 0.3) is 0 Å². The fourth-order valence-corrected chi connectivity index (χ4v) is 5.54. The Bertz CT molecular complexity index is 957. The lowest BCUT2D eigenvalue weighted by Crippen LogP contribution is -2.15. The van der Waals surface area contributed by atoms with Gasteiger partial charge in [-0.15, -0.1) is 0 Å². The van der Waals surface area contributed by atoms with Crippen molar-refractivity contribution in [1.29, 1.82) is 0 Å². The molecule has 0 radical (unpaired) electrons. The van der Waals surface area contributed by atoms with E-state index in [4.69, 9.17) is 4.74 Å². The van der Waals surface area contributed by atoms with Crippen molar-refractivity contribution in [3.63, 3.8) is 0 Å². The van der Waals surface area contributed by atoms with E-state index in [1.165, 1.54) is 109 Å². The lowest BCUT2D eigenvalue weighted by molar-refractivity contribution is -0.116. The highest BCUT2D eigenvalue weighted by Crippen LogP contribution is 2.30. The number of unbranched alkanes of at least 4 members (excludes halogenated alkanes) is 18. The molecule has 1 aromatic heterocycles. The number of rotatable bonds is 24. The van der Waals surface area contributed by atoms with Gasteiger partial charge in [0, 0.05) is 6.42 Å². The highest BCUT2D eigenvalue weighted by molar-refractivity contribution is 5.90. The topological polar surface area (TPSA) is 51.2 Å². The molecule has 0 bridgehead atoms. The van der Waals surface area contributed by atoms with Crippen LogP contribution in [0.25, 0.3) is 0 Å². The zero-order valence-electron chi connectivity index (χ0n) is 27.0. The van der Waals surface area contributed by atoms with Crippen LogP contribution in [0.1, 0.15) is 158 Å². The molecule has 0 atom stereocenters. The standard InChI is InChI=1S/C37H60N2O2/c1-5-6-7-8-9-10-11-12-13-14-15-16-17-18-19-20-21-22-26-29-35(40)39-37-32(3)31(2)36(33(4)38-37)41-30-34-27-24-23-25-28-34/h23-25,27-28H,5-22,26,29-30H2,1-4H3,(H,38,39,40). The molecular formula is C37H60N2O2. The van der Waals surface area contributed by atoms with Crippen LogP contribution in [-0.2, 0) is 11.4 Å². The Morgan fingerprint density at radius 3 is 1.61 bits per heavy atom. The molecule has 0 fully saturated rings. The number of ether oxygens (including phenoxy) is 1. The predicted octanol–water partition coefficient (Wildman–Crippen LogP) is 11.3. The summed E-state index contributed by atoms with van der Waals surface area (Å²) in [7, 11) is 0. The number of carbonyl (C=O) groups is 1. The molecule has 4 nitrogen and oxygen atoms in total. The van der Waals surface area contributed by atoms with Crippen LogP contribution in [0.5, 0.6) is 5.75 Å². The average Bonchev–Trinajstić information content (AvgIpc) is 2.97. The summed E-state index contributed by atoms with van der Waals surface area (Å²) in [5.41, 5.74) is 3.94. The van der Waals surface area contributed by atoms with Crippen LogP contribution in [-0.4, -0.2) is 10.9 Å². The number of aromatic nitrogens is 1. The van der Waals surface area contributed by atoms with Gasteiger partial charge in [-0.25, -0.2) is 4.98 Å². The molecule has 0 saturated carbocycles. The third-order valence-corrected chi connectivity index (χ3v) is 8.36. The molecule has 230 valence electrons. The zero-order chi connectivity index (χ0) is 29.5. The average molecular weight is 565 g/mol. The fourth-order valence-electron chi connectivity index (χ4n) is 5.54. The normalized spacial score (nSPS) is 11.1. The molecule has 1 aromatic carbocycles. The largest absolute Gasteiger partial charge is 0.487 e. The summed E-state index contributed by atoms with van der Waals surface area (Å²) in [6, 6.07) is 10.1. The first-order valence-electron chi connectivity index (χ1n) is 17.0. The van der Waals surface area contributed by atoms with E-state index in [1.807, 2.05) is 39.0 Å². The molecule has 2 aromatic rings. The Morgan fingerprint density at radius 1 is 0.659 bits per heavy atom. The van der Waals surface area contributed by atoms with Crippen molar-refractivity contribution in [1.82, 2.24) is 4.98 Å². The second-order valence-electron chi connectivity index (χ2n) is 12.1. The summed E-state index contributed by atoms with van der Waals surface area (Å²) in [5, 5.41) is 3.05. The van der Waals surface area contributed by atoms with Crippen LogP contribution in [0, 0.1) is 20.8 Å². The number of anilines is 1. The molecule has 41 heavy (non-hydrogen) atoms. The van der Waals surface area contributed by atoms with Gasteiger partial charge in [-0.1, -0.05) is 153 Å². The van der Waals surface area contributed by atoms with Gasteiger partial charge in [-0.3, -0.25) is 4.79 Å². The SMILES string of the molecule is CCCCCCCCCCCCCCCCCCCCCC(=O)Nc1nc(C)c(OCc2ccccc2)c(C)c1C. The Labute approximate surface area is 252 Å². The molecule has 0 unspecified atom stereocenters. The Morgan fingerprint density at radius 2 is 1.12 bits per heavy atom. The summed E-state index contributed by atoms with van der Waals surface area (Å²) in [4.78, 5) is 17.2. The highest BCUT2D eigenvalue weighted by atomic mass is 16.5. The van der Waals surface area contributed by atoms with Crippen molar-refractivity contribution in [2.24, 2.45) is 0 Å². The number of aryl methyl sites for hydroxylation is 1. The van der Waals surface area contributed by atoms with Gasteiger partial charge < -0.3 is 10.1 Å². The van der Waals surface area contributed by atoms with Gasteiger partial charge in [0.1, 0.15) is 18.2 Å². The summed E-state index contributed by atoms with van der Waals surface area (Å²) in [6.45, 7) is 8.79. The molecule has 0 spiro atoms. The van der Waals surface area contributed by atoms with Crippen molar-refractivity contribution in [3.05, 3.63) is 52.7 Å². The monoisotopic (exact) mass is 564 g/mol. The highest BCUT2D eigenvalue weighted by Gasteiger charge is 2.15. The van der Waals surface area contributed by atoms with Crippen LogP contribution >= 0.6 is 0 Å². The molecule has 0 aliphatic carbocycles. The van der Waals surface area contributed by atoms with E-state index in [2.05, 4.69) is 29.4 Å². The number of nitrogens with one attached hydrogen (secondary N) is 1. The maximum Gasteiger partial charge on any atom is 0.225 e. The first-order valence-corrected chi connectivity index (χ1v) is 17.0. The van der Waals surface area contributed by atoms with Crippen LogP contribution in [0.4, 0.5) is 5.82 Å². The van der Waals surface area contributed by atoms with Crippen molar-refractivity contribution in [2.45, 2.75) is 163 Å². The minimum atomic E-state index is 0.0596. The third kappa shape index (κ3) is 15.4. The molecule has 1 heterocycles. The minimum absolute atomic E-state index is 0.0596. The van der Waals surface area contributed by atoms with Crippen molar-refractivity contribution < 1.29 is 9.53 Å². The summed E-state index contributed by atoms with van der Waals surface area (Å²) >= 11 is 0. The molecule has 1 N–H and O–H groups in total. The van der Waals surface area contributed by atoms with E-state index < -0.39 is 0 Å². The van der Waals surface area contributed by atoms with Crippen LogP contribution in [0.15, 0.2) is 30.3 Å². The Hall–Kier alpha value is -2.36.